The summed E-state index contributed by atoms with van der Waals surface area (Å²) in [4.78, 5) is 40.7. The van der Waals surface area contributed by atoms with Crippen LogP contribution in [-0.2, 0) is 27.0 Å². The lowest BCUT2D eigenvalue weighted by molar-refractivity contribution is -0.151. The maximum atomic E-state index is 13.6. The van der Waals surface area contributed by atoms with E-state index in [9.17, 15) is 27.6 Å². The van der Waals surface area contributed by atoms with Crippen LogP contribution in [0.3, 0.4) is 0 Å². The van der Waals surface area contributed by atoms with E-state index in [2.05, 4.69) is 4.74 Å². The van der Waals surface area contributed by atoms with Gasteiger partial charge in [-0.3, -0.25) is 14.5 Å². The molecule has 1 aliphatic heterocycles. The van der Waals surface area contributed by atoms with E-state index in [4.69, 9.17) is 16.3 Å². The molecule has 11 heteroatoms. The first-order valence-corrected chi connectivity index (χ1v) is 11.6. The normalized spacial score (nSPS) is 17.2. The van der Waals surface area contributed by atoms with Gasteiger partial charge in [-0.25, -0.2) is 4.79 Å². The summed E-state index contributed by atoms with van der Waals surface area (Å²) in [5, 5.41) is 0.547. The van der Waals surface area contributed by atoms with Crippen molar-refractivity contribution in [1.82, 2.24) is 9.80 Å². The van der Waals surface area contributed by atoms with E-state index in [1.165, 1.54) is 12.0 Å². The van der Waals surface area contributed by atoms with Crippen LogP contribution >= 0.6 is 11.6 Å². The number of hydrogen-bond acceptors (Lipinski definition) is 5. The first-order valence-electron chi connectivity index (χ1n) is 11.2. The monoisotopic (exact) mass is 526 g/mol. The average Bonchev–Trinajstić information content (AvgIpc) is 2.82. The fourth-order valence-corrected chi connectivity index (χ4v) is 3.99. The van der Waals surface area contributed by atoms with Gasteiger partial charge in [0.2, 0.25) is 5.91 Å². The molecule has 0 spiro atoms. The second-order valence-corrected chi connectivity index (χ2v) is 9.03. The number of esters is 1. The van der Waals surface area contributed by atoms with Gasteiger partial charge in [-0.1, -0.05) is 23.7 Å². The molecule has 1 unspecified atom stereocenters. The molecule has 0 radical (unpaired) electrons. The Labute approximate surface area is 211 Å². The number of carbonyl (C=O) groups is 3. The lowest BCUT2D eigenvalue weighted by Gasteiger charge is -2.49. The van der Waals surface area contributed by atoms with Crippen LogP contribution in [-0.4, -0.2) is 53.5 Å². The molecule has 0 N–H and O–H groups in total. The molecule has 194 valence electrons. The Balaban J connectivity index is 1.72. The molecule has 2 amide bonds. The molecule has 1 saturated heterocycles. The molecule has 3 rings (SSSR count). The summed E-state index contributed by atoms with van der Waals surface area (Å²) in [5.41, 5.74) is -1.26. The van der Waals surface area contributed by atoms with Crippen molar-refractivity contribution in [3.63, 3.8) is 0 Å². The highest BCUT2D eigenvalue weighted by atomic mass is 35.5. The fourth-order valence-electron chi connectivity index (χ4n) is 3.86. The summed E-state index contributed by atoms with van der Waals surface area (Å²) in [7, 11) is 1.29. The minimum atomic E-state index is -4.51. The molecule has 0 aromatic heterocycles. The van der Waals surface area contributed by atoms with Gasteiger partial charge in [0.1, 0.15) is 11.3 Å². The molecule has 0 bridgehead atoms. The van der Waals surface area contributed by atoms with Gasteiger partial charge in [0.15, 0.2) is 0 Å². The fraction of sp³-hybridized carbons (Fsp3) is 0.400. The summed E-state index contributed by atoms with van der Waals surface area (Å²) < 4.78 is 48.2. The molecule has 2 aromatic carbocycles. The van der Waals surface area contributed by atoms with E-state index in [0.717, 1.165) is 29.8 Å². The van der Waals surface area contributed by atoms with Crippen molar-refractivity contribution in [3.8, 4) is 5.75 Å². The van der Waals surface area contributed by atoms with E-state index in [-0.39, 0.29) is 37.7 Å². The molecule has 2 aromatic rings. The third-order valence-electron chi connectivity index (χ3n) is 6.10. The number of alkyl halides is 3. The predicted molar refractivity (Wildman–Crippen MR) is 125 cm³/mol. The molecule has 36 heavy (non-hydrogen) atoms. The van der Waals surface area contributed by atoms with Crippen LogP contribution in [0.25, 0.3) is 0 Å². The van der Waals surface area contributed by atoms with Crippen LogP contribution < -0.4 is 4.74 Å². The Hall–Kier alpha value is -3.27. The number of ether oxygens (including phenoxy) is 2. The van der Waals surface area contributed by atoms with E-state index in [1.54, 1.807) is 36.1 Å². The Morgan fingerprint density at radius 1 is 1.08 bits per heavy atom. The molecule has 0 saturated carbocycles. The van der Waals surface area contributed by atoms with Crippen molar-refractivity contribution in [2.24, 2.45) is 0 Å². The van der Waals surface area contributed by atoms with Crippen molar-refractivity contribution in [2.75, 3.05) is 20.2 Å². The van der Waals surface area contributed by atoms with Gasteiger partial charge in [0, 0.05) is 31.1 Å². The largest absolute Gasteiger partial charge is 0.469 e. The molecule has 0 aliphatic carbocycles. The van der Waals surface area contributed by atoms with Crippen molar-refractivity contribution >= 4 is 29.6 Å². The zero-order valence-electron chi connectivity index (χ0n) is 19.8. The van der Waals surface area contributed by atoms with E-state index in [0.29, 0.717) is 17.9 Å². The number of hydrogen-bond donors (Lipinski definition) is 0. The van der Waals surface area contributed by atoms with Crippen molar-refractivity contribution < 1.29 is 37.0 Å². The van der Waals surface area contributed by atoms with E-state index >= 15 is 0 Å². The number of amides is 2. The highest BCUT2D eigenvalue weighted by Crippen LogP contribution is 2.35. The first-order chi connectivity index (χ1) is 16.9. The predicted octanol–water partition coefficient (Wildman–Crippen LogP) is 5.30. The zero-order valence-corrected chi connectivity index (χ0v) is 20.6. The highest BCUT2D eigenvalue weighted by molar-refractivity contribution is 6.30. The maximum Gasteiger partial charge on any atom is 0.416 e. The van der Waals surface area contributed by atoms with Crippen molar-refractivity contribution in [3.05, 3.63) is 64.7 Å². The minimum absolute atomic E-state index is 0.0641. The van der Waals surface area contributed by atoms with Gasteiger partial charge in [-0.15, -0.1) is 0 Å². The topological polar surface area (TPSA) is 76.2 Å². The standard InChI is InChI=1S/C25H26ClF3N2O5/c1-24(13-15-31(24)23(34)36-20-11-7-18(8-12-20)25(27,28)29)22(33)30(14-3-4-21(32)35-2)16-17-5-9-19(26)10-6-17/h5-12H,3-4,13-16H2,1-2H3. The minimum Gasteiger partial charge on any atom is -0.469 e. The summed E-state index contributed by atoms with van der Waals surface area (Å²) in [6.45, 7) is 2.34. The quantitative estimate of drug-likeness (QED) is 0.436. The molecule has 1 atom stereocenters. The number of halogens is 4. The second-order valence-electron chi connectivity index (χ2n) is 8.60. The third kappa shape index (κ3) is 6.48. The average molecular weight is 527 g/mol. The van der Waals surface area contributed by atoms with Crippen molar-refractivity contribution in [1.29, 1.82) is 0 Å². The summed E-state index contributed by atoms with van der Waals surface area (Å²) >= 11 is 5.96. The number of rotatable bonds is 8. The maximum absolute atomic E-state index is 13.6. The van der Waals surface area contributed by atoms with Gasteiger partial charge in [0.25, 0.3) is 0 Å². The number of methoxy groups -OCH3 is 1. The Morgan fingerprint density at radius 3 is 2.25 bits per heavy atom. The van der Waals surface area contributed by atoms with Gasteiger partial charge >= 0.3 is 18.2 Å². The lowest BCUT2D eigenvalue weighted by Crippen LogP contribution is -2.68. The van der Waals surface area contributed by atoms with Gasteiger partial charge in [-0.05, 0) is 61.7 Å². The van der Waals surface area contributed by atoms with Gasteiger partial charge < -0.3 is 14.4 Å². The molecule has 7 nitrogen and oxygen atoms in total. The molecule has 1 fully saturated rings. The van der Waals surface area contributed by atoms with Crippen LogP contribution in [0.4, 0.5) is 18.0 Å². The Kier molecular flexibility index (Phi) is 8.50. The van der Waals surface area contributed by atoms with Crippen molar-refractivity contribution in [2.45, 2.75) is 44.4 Å². The lowest BCUT2D eigenvalue weighted by atomic mass is 9.85. The number of benzene rings is 2. The summed E-state index contributed by atoms with van der Waals surface area (Å²) in [6, 6.07) is 10.7. The Bertz CT molecular complexity index is 1090. The highest BCUT2D eigenvalue weighted by Gasteiger charge is 2.52. The van der Waals surface area contributed by atoms with E-state index < -0.39 is 29.3 Å². The summed E-state index contributed by atoms with van der Waals surface area (Å²) in [5.74, 6) is -0.797. The van der Waals surface area contributed by atoms with Crippen LogP contribution in [0.1, 0.15) is 37.3 Å². The van der Waals surface area contributed by atoms with Crippen LogP contribution in [0, 0.1) is 0 Å². The second kappa shape index (κ2) is 11.2. The number of likely N-dealkylation sites (tertiary alicyclic amines) is 1. The number of nitrogens with zero attached hydrogens (tertiary/aromatic N) is 2. The first kappa shape index (κ1) is 27.3. The third-order valence-corrected chi connectivity index (χ3v) is 6.35. The summed E-state index contributed by atoms with van der Waals surface area (Å²) in [6.07, 6.45) is -4.48. The molecule has 1 heterocycles. The zero-order chi connectivity index (χ0) is 26.5. The number of carbonyl (C=O) groups excluding carboxylic acids is 3. The smallest absolute Gasteiger partial charge is 0.416 e. The van der Waals surface area contributed by atoms with E-state index in [1.807, 2.05) is 0 Å². The molecule has 1 aliphatic rings. The van der Waals surface area contributed by atoms with Gasteiger partial charge in [0.05, 0.1) is 12.7 Å². The molecular weight excluding hydrogens is 501 g/mol. The SMILES string of the molecule is COC(=O)CCCN(Cc1ccc(Cl)cc1)C(=O)C1(C)CCN1C(=O)Oc1ccc(C(F)(F)F)cc1. The molecular formula is C25H26ClF3N2O5. The van der Waals surface area contributed by atoms with Crippen LogP contribution in [0.2, 0.25) is 5.02 Å². The van der Waals surface area contributed by atoms with Crippen LogP contribution in [0.15, 0.2) is 48.5 Å². The Morgan fingerprint density at radius 2 is 1.72 bits per heavy atom. The van der Waals surface area contributed by atoms with Gasteiger partial charge in [-0.2, -0.15) is 13.2 Å². The van der Waals surface area contributed by atoms with Crippen LogP contribution in [0.5, 0.6) is 5.75 Å².